The summed E-state index contributed by atoms with van der Waals surface area (Å²) in [5.74, 6) is 0.744. The lowest BCUT2D eigenvalue weighted by Crippen LogP contribution is -2.16. The summed E-state index contributed by atoms with van der Waals surface area (Å²) in [6.07, 6.45) is 0. The van der Waals surface area contributed by atoms with Crippen LogP contribution in [0.5, 0.6) is 0 Å². The number of nitrogens with zero attached hydrogens (tertiary/aromatic N) is 3. The van der Waals surface area contributed by atoms with Gasteiger partial charge in [-0.3, -0.25) is 4.57 Å². The molecule has 2 aromatic rings. The van der Waals surface area contributed by atoms with Crippen molar-refractivity contribution in [3.05, 3.63) is 27.1 Å². The molecule has 0 unspecified atom stereocenters. The molecule has 0 aliphatic rings. The van der Waals surface area contributed by atoms with E-state index in [1.165, 1.54) is 11.8 Å². The summed E-state index contributed by atoms with van der Waals surface area (Å²) in [5.41, 5.74) is 2.66. The number of thioether (sulfide) groups is 1. The van der Waals surface area contributed by atoms with E-state index in [0.717, 1.165) is 16.6 Å². The third-order valence-corrected chi connectivity index (χ3v) is 3.52. The van der Waals surface area contributed by atoms with Crippen LogP contribution in [0.15, 0.2) is 20.8 Å². The van der Waals surface area contributed by atoms with Crippen molar-refractivity contribution in [3.63, 3.8) is 0 Å². The molecule has 0 aromatic carbocycles. The molecule has 0 saturated carbocycles. The highest BCUT2D eigenvalue weighted by molar-refractivity contribution is 7.98. The van der Waals surface area contributed by atoms with Gasteiger partial charge in [-0.15, -0.1) is 16.4 Å². The van der Waals surface area contributed by atoms with E-state index in [9.17, 15) is 4.79 Å². The predicted molar refractivity (Wildman–Crippen MR) is 60.2 cm³/mol. The monoisotopic (exact) mass is 242 g/mol. The van der Waals surface area contributed by atoms with Crippen molar-refractivity contribution >= 4 is 23.1 Å². The first-order chi connectivity index (χ1) is 7.31. The number of H-pyrrole nitrogens is 1. The molecule has 0 saturated heterocycles. The van der Waals surface area contributed by atoms with Crippen LogP contribution in [-0.2, 0) is 12.3 Å². The lowest BCUT2D eigenvalue weighted by atomic mass is 10.6. The minimum atomic E-state index is -0.154. The molecule has 0 bridgehead atoms. The average Bonchev–Trinajstić information content (AvgIpc) is 2.84. The fourth-order valence-electron chi connectivity index (χ4n) is 1.14. The van der Waals surface area contributed by atoms with Crippen molar-refractivity contribution in [2.24, 2.45) is 0 Å². The van der Waals surface area contributed by atoms with Crippen molar-refractivity contribution in [1.82, 2.24) is 19.7 Å². The van der Waals surface area contributed by atoms with Gasteiger partial charge in [0, 0.05) is 17.7 Å². The standard InChI is InChI=1S/C8H10N4OS2/c1-2-12-7(13)10-11-8(12)15-4-6-3-14-5-9-6/h3,5H,2,4H2,1H3,(H,10,13). The van der Waals surface area contributed by atoms with E-state index < -0.39 is 0 Å². The quantitative estimate of drug-likeness (QED) is 0.822. The highest BCUT2D eigenvalue weighted by Gasteiger charge is 2.07. The number of thiazole rings is 1. The van der Waals surface area contributed by atoms with E-state index in [0.29, 0.717) is 6.54 Å². The molecule has 0 radical (unpaired) electrons. The van der Waals surface area contributed by atoms with Crippen LogP contribution < -0.4 is 5.69 Å². The van der Waals surface area contributed by atoms with Crippen LogP contribution in [0.4, 0.5) is 0 Å². The van der Waals surface area contributed by atoms with Gasteiger partial charge in [0.15, 0.2) is 5.16 Å². The summed E-state index contributed by atoms with van der Waals surface area (Å²) < 4.78 is 1.61. The van der Waals surface area contributed by atoms with Crippen molar-refractivity contribution in [2.45, 2.75) is 24.4 Å². The molecule has 2 heterocycles. The van der Waals surface area contributed by atoms with Crippen molar-refractivity contribution in [3.8, 4) is 0 Å². The first kappa shape index (κ1) is 10.4. The first-order valence-electron chi connectivity index (χ1n) is 4.46. The second-order valence-electron chi connectivity index (χ2n) is 2.82. The van der Waals surface area contributed by atoms with E-state index in [4.69, 9.17) is 0 Å². The minimum Gasteiger partial charge on any atom is -0.270 e. The molecule has 80 valence electrons. The molecule has 5 nitrogen and oxygen atoms in total. The van der Waals surface area contributed by atoms with Gasteiger partial charge in [-0.2, -0.15) is 0 Å². The van der Waals surface area contributed by atoms with Gasteiger partial charge in [-0.25, -0.2) is 14.9 Å². The highest BCUT2D eigenvalue weighted by atomic mass is 32.2. The molecule has 0 amide bonds. The Morgan fingerprint density at radius 3 is 3.20 bits per heavy atom. The van der Waals surface area contributed by atoms with Crippen LogP contribution in [0.1, 0.15) is 12.6 Å². The summed E-state index contributed by atoms with van der Waals surface area (Å²) in [7, 11) is 0. The molecular weight excluding hydrogens is 232 g/mol. The second-order valence-corrected chi connectivity index (χ2v) is 4.49. The van der Waals surface area contributed by atoms with Gasteiger partial charge in [-0.05, 0) is 6.92 Å². The lowest BCUT2D eigenvalue weighted by Gasteiger charge is -1.99. The van der Waals surface area contributed by atoms with Crippen LogP contribution in [0, 0.1) is 0 Å². The Bertz CT molecular complexity index is 473. The topological polar surface area (TPSA) is 63.6 Å². The van der Waals surface area contributed by atoms with Gasteiger partial charge in [0.1, 0.15) is 0 Å². The zero-order chi connectivity index (χ0) is 10.7. The third-order valence-electron chi connectivity index (χ3n) is 1.87. The minimum absolute atomic E-state index is 0.154. The number of aromatic amines is 1. The van der Waals surface area contributed by atoms with Gasteiger partial charge < -0.3 is 0 Å². The molecule has 2 rings (SSSR count). The molecule has 7 heteroatoms. The van der Waals surface area contributed by atoms with E-state index in [2.05, 4.69) is 15.2 Å². The van der Waals surface area contributed by atoms with Crippen LogP contribution in [-0.4, -0.2) is 19.7 Å². The molecular formula is C8H10N4OS2. The largest absolute Gasteiger partial charge is 0.343 e. The summed E-state index contributed by atoms with van der Waals surface area (Å²) in [4.78, 5) is 15.4. The van der Waals surface area contributed by atoms with Crippen LogP contribution in [0.25, 0.3) is 0 Å². The first-order valence-corrected chi connectivity index (χ1v) is 6.39. The Balaban J connectivity index is 2.08. The van der Waals surface area contributed by atoms with Gasteiger partial charge in [0.2, 0.25) is 0 Å². The Labute approximate surface area is 94.6 Å². The van der Waals surface area contributed by atoms with Gasteiger partial charge in [0.25, 0.3) is 0 Å². The van der Waals surface area contributed by atoms with Gasteiger partial charge in [-0.1, -0.05) is 11.8 Å². The maximum Gasteiger partial charge on any atom is 0.343 e. The van der Waals surface area contributed by atoms with E-state index >= 15 is 0 Å². The molecule has 0 fully saturated rings. The number of hydrogen-bond acceptors (Lipinski definition) is 5. The van der Waals surface area contributed by atoms with Crippen molar-refractivity contribution < 1.29 is 0 Å². The molecule has 2 aromatic heterocycles. The van der Waals surface area contributed by atoms with Crippen molar-refractivity contribution in [2.75, 3.05) is 0 Å². The predicted octanol–water partition coefficient (Wildman–Crippen LogP) is 1.34. The van der Waals surface area contributed by atoms with Gasteiger partial charge >= 0.3 is 5.69 Å². The summed E-state index contributed by atoms with van der Waals surface area (Å²) in [6, 6.07) is 0. The fourth-order valence-corrected chi connectivity index (χ4v) is 2.72. The summed E-state index contributed by atoms with van der Waals surface area (Å²) in [6.45, 7) is 2.55. The third kappa shape index (κ3) is 2.29. The van der Waals surface area contributed by atoms with E-state index in [1.54, 1.807) is 21.4 Å². The Kier molecular flexibility index (Phi) is 3.22. The summed E-state index contributed by atoms with van der Waals surface area (Å²) in [5, 5.41) is 9.10. The van der Waals surface area contributed by atoms with Gasteiger partial charge in [0.05, 0.1) is 11.2 Å². The Morgan fingerprint density at radius 2 is 2.53 bits per heavy atom. The van der Waals surface area contributed by atoms with Crippen LogP contribution in [0.2, 0.25) is 0 Å². The number of hydrogen-bond donors (Lipinski definition) is 1. The zero-order valence-electron chi connectivity index (χ0n) is 8.14. The molecule has 1 N–H and O–H groups in total. The second kappa shape index (κ2) is 4.63. The molecule has 0 atom stereocenters. The van der Waals surface area contributed by atoms with Crippen LogP contribution >= 0.6 is 23.1 Å². The molecule has 0 aliphatic heterocycles. The normalized spacial score (nSPS) is 10.7. The number of rotatable bonds is 4. The Morgan fingerprint density at radius 1 is 1.67 bits per heavy atom. The number of nitrogens with one attached hydrogen (secondary N) is 1. The summed E-state index contributed by atoms with van der Waals surface area (Å²) >= 11 is 3.08. The Hall–Kier alpha value is -1.08. The fraction of sp³-hybridized carbons (Fsp3) is 0.375. The smallest absolute Gasteiger partial charge is 0.270 e. The lowest BCUT2D eigenvalue weighted by molar-refractivity contribution is 0.660. The van der Waals surface area contributed by atoms with E-state index in [1.807, 2.05) is 12.3 Å². The maximum atomic E-state index is 11.3. The van der Waals surface area contributed by atoms with Crippen LogP contribution in [0.3, 0.4) is 0 Å². The number of aromatic nitrogens is 4. The van der Waals surface area contributed by atoms with Crippen molar-refractivity contribution in [1.29, 1.82) is 0 Å². The SMILES string of the molecule is CCn1c(SCc2cscn2)n[nH]c1=O. The maximum absolute atomic E-state index is 11.3. The van der Waals surface area contributed by atoms with E-state index in [-0.39, 0.29) is 5.69 Å². The average molecular weight is 242 g/mol. The highest BCUT2D eigenvalue weighted by Crippen LogP contribution is 2.19. The molecule has 15 heavy (non-hydrogen) atoms. The zero-order valence-corrected chi connectivity index (χ0v) is 9.77. The molecule has 0 spiro atoms. The molecule has 0 aliphatic carbocycles.